The van der Waals surface area contributed by atoms with E-state index in [0.717, 1.165) is 23.5 Å². The maximum absolute atomic E-state index is 12.6. The molecule has 2 aromatic rings. The Morgan fingerprint density at radius 1 is 1.32 bits per heavy atom. The molecule has 4 nitrogen and oxygen atoms in total. The highest BCUT2D eigenvalue weighted by molar-refractivity contribution is 7.91. The molecule has 124 valence electrons. The van der Waals surface area contributed by atoms with Crippen molar-refractivity contribution < 1.29 is 21.6 Å². The van der Waals surface area contributed by atoms with Gasteiger partial charge in [-0.05, 0) is 18.2 Å². The summed E-state index contributed by atoms with van der Waals surface area (Å²) in [5.74, 6) is -0.131. The predicted octanol–water partition coefficient (Wildman–Crippen LogP) is 3.06. The zero-order valence-electron chi connectivity index (χ0n) is 11.5. The Morgan fingerprint density at radius 2 is 1.95 bits per heavy atom. The number of nitrogens with zero attached hydrogens (tertiary/aromatic N) is 1. The summed E-state index contributed by atoms with van der Waals surface area (Å²) in [6.07, 6.45) is -4.43. The second kappa shape index (κ2) is 6.59. The summed E-state index contributed by atoms with van der Waals surface area (Å²) >= 11 is 0.902. The van der Waals surface area contributed by atoms with Crippen molar-refractivity contribution in [3.63, 3.8) is 0 Å². The maximum Gasteiger partial charge on any atom is 0.416 e. The molecule has 0 aliphatic rings. The average molecular weight is 375 g/mol. The summed E-state index contributed by atoms with van der Waals surface area (Å²) in [6.45, 7) is 1.60. The number of fused-ring (bicyclic) bond motifs is 1. The van der Waals surface area contributed by atoms with E-state index in [9.17, 15) is 21.6 Å². The van der Waals surface area contributed by atoms with Crippen molar-refractivity contribution in [1.29, 1.82) is 5.41 Å². The van der Waals surface area contributed by atoms with Crippen molar-refractivity contribution in [2.75, 3.05) is 11.5 Å². The third kappa shape index (κ3) is 4.02. The number of nitrogens with one attached hydrogen (secondary N) is 1. The van der Waals surface area contributed by atoms with Crippen LogP contribution in [-0.2, 0) is 22.6 Å². The zero-order chi connectivity index (χ0) is 15.8. The monoisotopic (exact) mass is 374 g/mol. The molecule has 0 saturated carbocycles. The Morgan fingerprint density at radius 3 is 2.50 bits per heavy atom. The molecule has 0 aliphatic heterocycles. The number of hydrogen-bond donors (Lipinski definition) is 1. The molecule has 0 atom stereocenters. The van der Waals surface area contributed by atoms with Crippen LogP contribution >= 0.6 is 23.7 Å². The van der Waals surface area contributed by atoms with Gasteiger partial charge in [-0.1, -0.05) is 18.3 Å². The van der Waals surface area contributed by atoms with E-state index in [1.807, 2.05) is 0 Å². The van der Waals surface area contributed by atoms with Crippen LogP contribution in [0.4, 0.5) is 13.2 Å². The molecule has 0 spiro atoms. The molecule has 0 unspecified atom stereocenters. The molecule has 0 radical (unpaired) electrons. The topological polar surface area (TPSA) is 62.9 Å². The summed E-state index contributed by atoms with van der Waals surface area (Å²) < 4.78 is 62.7. The fourth-order valence-corrected chi connectivity index (χ4v) is 3.59. The lowest BCUT2D eigenvalue weighted by Crippen LogP contribution is -2.20. The van der Waals surface area contributed by atoms with E-state index < -0.39 is 21.6 Å². The Hall–Kier alpha value is -1.06. The quantitative estimate of drug-likeness (QED) is 0.894. The van der Waals surface area contributed by atoms with Gasteiger partial charge in [-0.2, -0.15) is 13.2 Å². The number of halogens is 4. The first-order valence-corrected chi connectivity index (χ1v) is 8.73. The maximum atomic E-state index is 12.6. The van der Waals surface area contributed by atoms with Crippen molar-refractivity contribution in [1.82, 2.24) is 4.57 Å². The molecule has 0 bridgehead atoms. The van der Waals surface area contributed by atoms with Crippen molar-refractivity contribution in [3.8, 4) is 0 Å². The highest BCUT2D eigenvalue weighted by Gasteiger charge is 2.30. The molecular formula is C12H14ClF3N2O2S2. The number of sulfone groups is 1. The molecular weight excluding hydrogens is 361 g/mol. The lowest BCUT2D eigenvalue weighted by molar-refractivity contribution is -0.137. The van der Waals surface area contributed by atoms with Crippen LogP contribution in [0.3, 0.4) is 0 Å². The van der Waals surface area contributed by atoms with Crippen molar-refractivity contribution in [2.45, 2.75) is 19.6 Å². The second-order valence-corrected chi connectivity index (χ2v) is 7.98. The van der Waals surface area contributed by atoms with Gasteiger partial charge in [0.2, 0.25) is 0 Å². The van der Waals surface area contributed by atoms with Crippen molar-refractivity contribution >= 4 is 43.8 Å². The van der Waals surface area contributed by atoms with Crippen LogP contribution in [0.1, 0.15) is 12.5 Å². The normalized spacial score (nSPS) is 12.4. The van der Waals surface area contributed by atoms with Gasteiger partial charge in [0.15, 0.2) is 14.6 Å². The van der Waals surface area contributed by atoms with Crippen LogP contribution in [0.2, 0.25) is 0 Å². The molecule has 22 heavy (non-hydrogen) atoms. The Balaban J connectivity index is 0.00000242. The van der Waals surface area contributed by atoms with Gasteiger partial charge in [-0.25, -0.2) is 8.42 Å². The minimum absolute atomic E-state index is 0. The van der Waals surface area contributed by atoms with Gasteiger partial charge in [0.1, 0.15) is 0 Å². The van der Waals surface area contributed by atoms with E-state index in [4.69, 9.17) is 5.41 Å². The van der Waals surface area contributed by atoms with Gasteiger partial charge in [0.05, 0.1) is 21.5 Å². The molecule has 1 aromatic heterocycles. The number of aromatic nitrogens is 1. The summed E-state index contributed by atoms with van der Waals surface area (Å²) in [5.41, 5.74) is -0.325. The number of hydrogen-bond acceptors (Lipinski definition) is 4. The molecule has 0 aliphatic carbocycles. The number of thiazole rings is 1. The van der Waals surface area contributed by atoms with Gasteiger partial charge >= 0.3 is 6.18 Å². The Bertz CT molecular complexity index is 825. The molecule has 1 aromatic carbocycles. The van der Waals surface area contributed by atoms with E-state index in [1.54, 1.807) is 0 Å². The Kier molecular flexibility index (Phi) is 5.69. The van der Waals surface area contributed by atoms with E-state index in [1.165, 1.54) is 17.6 Å². The Labute approximate surface area is 135 Å². The smallest absolute Gasteiger partial charge is 0.316 e. The van der Waals surface area contributed by atoms with Crippen molar-refractivity contribution in [2.24, 2.45) is 0 Å². The molecule has 10 heteroatoms. The summed E-state index contributed by atoms with van der Waals surface area (Å²) in [7, 11) is -3.19. The zero-order valence-corrected chi connectivity index (χ0v) is 13.9. The van der Waals surface area contributed by atoms with Crippen LogP contribution in [0.25, 0.3) is 10.2 Å². The fraction of sp³-hybridized carbons (Fsp3) is 0.417. The molecule has 0 fully saturated rings. The van der Waals surface area contributed by atoms with E-state index in [2.05, 4.69) is 0 Å². The minimum Gasteiger partial charge on any atom is -0.316 e. The summed E-state index contributed by atoms with van der Waals surface area (Å²) in [4.78, 5) is 0.0376. The minimum atomic E-state index is -4.43. The fourth-order valence-electron chi connectivity index (χ4n) is 1.86. The molecule has 1 heterocycles. The molecule has 1 N–H and O–H groups in total. The van der Waals surface area contributed by atoms with E-state index in [-0.39, 0.29) is 35.3 Å². The van der Waals surface area contributed by atoms with Crippen LogP contribution in [-0.4, -0.2) is 24.5 Å². The third-order valence-corrected chi connectivity index (χ3v) is 5.74. The number of alkyl halides is 3. The first kappa shape index (κ1) is 19.0. The largest absolute Gasteiger partial charge is 0.416 e. The highest BCUT2D eigenvalue weighted by atomic mass is 35.5. The first-order valence-electron chi connectivity index (χ1n) is 6.09. The van der Waals surface area contributed by atoms with Gasteiger partial charge in [-0.15, -0.1) is 12.4 Å². The van der Waals surface area contributed by atoms with Gasteiger partial charge < -0.3 is 4.57 Å². The standard InChI is InChI=1S/C12H13F3N2O2S2.ClH/c1-2-21(18,19)6-5-17-9-4-3-8(12(13,14)15)7-10(9)20-11(17)16;/h3-4,7,16H,2,5-6H2,1H3;1H. The molecule has 0 saturated heterocycles. The predicted molar refractivity (Wildman–Crippen MR) is 82.2 cm³/mol. The third-order valence-electron chi connectivity index (χ3n) is 3.10. The lowest BCUT2D eigenvalue weighted by atomic mass is 10.2. The average Bonchev–Trinajstić information content (AvgIpc) is 2.70. The van der Waals surface area contributed by atoms with Crippen LogP contribution in [0.5, 0.6) is 0 Å². The number of aryl methyl sites for hydroxylation is 1. The SMILES string of the molecule is CCS(=O)(=O)CCn1c(=N)sc2cc(C(F)(F)F)ccc21.Cl. The van der Waals surface area contributed by atoms with E-state index in [0.29, 0.717) is 10.2 Å². The van der Waals surface area contributed by atoms with Crippen LogP contribution < -0.4 is 4.80 Å². The number of rotatable bonds is 4. The van der Waals surface area contributed by atoms with Crippen molar-refractivity contribution in [3.05, 3.63) is 28.6 Å². The van der Waals surface area contributed by atoms with Gasteiger partial charge in [-0.3, -0.25) is 5.41 Å². The van der Waals surface area contributed by atoms with Crippen LogP contribution in [0.15, 0.2) is 18.2 Å². The number of benzene rings is 1. The summed E-state index contributed by atoms with van der Waals surface area (Å²) in [6, 6.07) is 3.22. The first-order chi connectivity index (χ1) is 9.64. The molecule has 2 rings (SSSR count). The van der Waals surface area contributed by atoms with Crippen LogP contribution in [0, 0.1) is 5.41 Å². The highest BCUT2D eigenvalue weighted by Crippen LogP contribution is 2.32. The second-order valence-electron chi connectivity index (χ2n) is 4.48. The van der Waals surface area contributed by atoms with E-state index >= 15 is 0 Å². The lowest BCUT2D eigenvalue weighted by Gasteiger charge is -2.07. The summed E-state index contributed by atoms with van der Waals surface area (Å²) in [5, 5.41) is 7.80. The van der Waals surface area contributed by atoms with Gasteiger partial charge in [0, 0.05) is 12.3 Å². The molecule has 0 amide bonds. The van der Waals surface area contributed by atoms with Gasteiger partial charge in [0.25, 0.3) is 0 Å².